The van der Waals surface area contributed by atoms with Crippen LogP contribution in [0, 0.1) is 5.82 Å². The molecule has 0 radical (unpaired) electrons. The van der Waals surface area contributed by atoms with E-state index in [4.69, 9.17) is 4.74 Å². The first-order valence-corrected chi connectivity index (χ1v) is 5.32. The molecule has 0 saturated carbocycles. The highest BCUT2D eigenvalue weighted by molar-refractivity contribution is 5.93. The summed E-state index contributed by atoms with van der Waals surface area (Å²) in [5.41, 5.74) is 1.59. The van der Waals surface area contributed by atoms with Gasteiger partial charge in [-0.25, -0.2) is 9.18 Å². The van der Waals surface area contributed by atoms with E-state index in [0.717, 1.165) is 16.5 Å². The summed E-state index contributed by atoms with van der Waals surface area (Å²) in [6.45, 7) is 2.08. The maximum Gasteiger partial charge on any atom is 0.330 e. The van der Waals surface area contributed by atoms with Crippen molar-refractivity contribution in [1.29, 1.82) is 0 Å². The van der Waals surface area contributed by atoms with Crippen molar-refractivity contribution in [2.24, 2.45) is 0 Å². The van der Waals surface area contributed by atoms with Gasteiger partial charge in [0.1, 0.15) is 5.82 Å². The molecule has 0 amide bonds. The lowest BCUT2D eigenvalue weighted by Gasteiger charge is -1.95. The molecule has 1 heterocycles. The first-order valence-electron chi connectivity index (χ1n) is 5.32. The van der Waals surface area contributed by atoms with E-state index in [1.165, 1.54) is 18.2 Å². The zero-order chi connectivity index (χ0) is 12.3. The number of aromatic nitrogens is 1. The second-order valence-corrected chi connectivity index (χ2v) is 3.52. The number of aromatic amines is 1. The van der Waals surface area contributed by atoms with Crippen LogP contribution < -0.4 is 0 Å². The fourth-order valence-corrected chi connectivity index (χ4v) is 1.60. The zero-order valence-electron chi connectivity index (χ0n) is 9.37. The third-order valence-electron chi connectivity index (χ3n) is 2.36. The number of nitrogens with one attached hydrogen (secondary N) is 1. The van der Waals surface area contributed by atoms with Crippen molar-refractivity contribution in [2.75, 3.05) is 6.61 Å². The fraction of sp³-hybridized carbons (Fsp3) is 0.154. The minimum Gasteiger partial charge on any atom is -0.463 e. The number of carbonyl (C=O) groups is 1. The van der Waals surface area contributed by atoms with Crippen LogP contribution in [0.3, 0.4) is 0 Å². The van der Waals surface area contributed by atoms with Gasteiger partial charge in [0.05, 0.1) is 6.61 Å². The van der Waals surface area contributed by atoms with Crippen LogP contribution >= 0.6 is 0 Å². The van der Waals surface area contributed by atoms with Gasteiger partial charge in [0.15, 0.2) is 0 Å². The molecule has 0 aliphatic rings. The summed E-state index contributed by atoms with van der Waals surface area (Å²) >= 11 is 0. The van der Waals surface area contributed by atoms with E-state index in [-0.39, 0.29) is 5.82 Å². The summed E-state index contributed by atoms with van der Waals surface area (Å²) < 4.78 is 17.9. The van der Waals surface area contributed by atoms with Crippen LogP contribution in [0.25, 0.3) is 17.0 Å². The number of fused-ring (bicyclic) bond motifs is 1. The summed E-state index contributed by atoms with van der Waals surface area (Å²) in [6, 6.07) is 4.47. The van der Waals surface area contributed by atoms with Crippen LogP contribution in [0.5, 0.6) is 0 Å². The molecule has 0 aliphatic heterocycles. The van der Waals surface area contributed by atoms with Gasteiger partial charge in [0.2, 0.25) is 0 Å². The lowest BCUT2D eigenvalue weighted by Crippen LogP contribution is -1.98. The molecule has 17 heavy (non-hydrogen) atoms. The monoisotopic (exact) mass is 233 g/mol. The Hall–Kier alpha value is -2.10. The molecule has 2 aromatic rings. The third-order valence-corrected chi connectivity index (χ3v) is 2.36. The molecule has 0 aliphatic carbocycles. The van der Waals surface area contributed by atoms with Gasteiger partial charge < -0.3 is 9.72 Å². The van der Waals surface area contributed by atoms with Crippen LogP contribution in [0.15, 0.2) is 30.5 Å². The zero-order valence-corrected chi connectivity index (χ0v) is 9.37. The summed E-state index contributed by atoms with van der Waals surface area (Å²) in [6.07, 6.45) is 4.66. The highest BCUT2D eigenvalue weighted by Gasteiger charge is 2.03. The molecule has 0 spiro atoms. The van der Waals surface area contributed by atoms with Gasteiger partial charge in [0, 0.05) is 28.7 Å². The predicted molar refractivity (Wildman–Crippen MR) is 63.9 cm³/mol. The number of hydrogen-bond acceptors (Lipinski definition) is 2. The summed E-state index contributed by atoms with van der Waals surface area (Å²) in [7, 11) is 0. The number of ether oxygens (including phenoxy) is 1. The fourth-order valence-electron chi connectivity index (χ4n) is 1.60. The number of hydrogen-bond donors (Lipinski definition) is 1. The van der Waals surface area contributed by atoms with E-state index in [9.17, 15) is 9.18 Å². The highest BCUT2D eigenvalue weighted by Crippen LogP contribution is 2.20. The van der Waals surface area contributed by atoms with E-state index in [0.29, 0.717) is 6.61 Å². The molecule has 0 bridgehead atoms. The Morgan fingerprint density at radius 2 is 2.35 bits per heavy atom. The third kappa shape index (κ3) is 2.53. The number of carbonyl (C=O) groups excluding carboxylic acids is 1. The Morgan fingerprint density at radius 3 is 3.12 bits per heavy atom. The van der Waals surface area contributed by atoms with Crippen molar-refractivity contribution in [3.8, 4) is 0 Å². The van der Waals surface area contributed by atoms with Gasteiger partial charge in [-0.05, 0) is 31.2 Å². The second kappa shape index (κ2) is 4.82. The Labute approximate surface area is 97.9 Å². The molecule has 0 saturated heterocycles. The Kier molecular flexibility index (Phi) is 3.23. The Morgan fingerprint density at radius 1 is 1.53 bits per heavy atom. The minimum atomic E-state index is -0.404. The minimum absolute atomic E-state index is 0.303. The molecule has 0 unspecified atom stereocenters. The van der Waals surface area contributed by atoms with Crippen molar-refractivity contribution >= 4 is 22.9 Å². The van der Waals surface area contributed by atoms with Crippen LogP contribution in [-0.4, -0.2) is 17.6 Å². The summed E-state index contributed by atoms with van der Waals surface area (Å²) in [5, 5.41) is 0.741. The molecule has 4 heteroatoms. The molecule has 3 nitrogen and oxygen atoms in total. The predicted octanol–water partition coefficient (Wildman–Crippen LogP) is 2.88. The lowest BCUT2D eigenvalue weighted by molar-refractivity contribution is -0.137. The van der Waals surface area contributed by atoms with E-state index in [2.05, 4.69) is 4.98 Å². The second-order valence-electron chi connectivity index (χ2n) is 3.52. The van der Waals surface area contributed by atoms with E-state index >= 15 is 0 Å². The van der Waals surface area contributed by atoms with Crippen LogP contribution in [0.4, 0.5) is 4.39 Å². The SMILES string of the molecule is CCOC(=O)/C=C/c1c[nH]c2ccc(F)cc12. The number of H-pyrrole nitrogens is 1. The maximum atomic E-state index is 13.1. The lowest BCUT2D eigenvalue weighted by atomic mass is 10.1. The van der Waals surface area contributed by atoms with Gasteiger partial charge in [-0.2, -0.15) is 0 Å². The van der Waals surface area contributed by atoms with Crippen molar-refractivity contribution in [1.82, 2.24) is 4.98 Å². The molecule has 0 atom stereocenters. The van der Waals surface area contributed by atoms with Gasteiger partial charge in [-0.15, -0.1) is 0 Å². The van der Waals surface area contributed by atoms with Crippen molar-refractivity contribution in [3.63, 3.8) is 0 Å². The number of rotatable bonds is 3. The van der Waals surface area contributed by atoms with Crippen LogP contribution in [0.1, 0.15) is 12.5 Å². The molecular formula is C13H12FNO2. The van der Waals surface area contributed by atoms with E-state index in [1.807, 2.05) is 0 Å². The first kappa shape index (κ1) is 11.4. The van der Waals surface area contributed by atoms with Crippen molar-refractivity contribution in [2.45, 2.75) is 6.92 Å². The molecule has 1 aromatic carbocycles. The van der Waals surface area contributed by atoms with Gasteiger partial charge >= 0.3 is 5.97 Å². The first-order chi connectivity index (χ1) is 8.20. The van der Waals surface area contributed by atoms with E-state index < -0.39 is 5.97 Å². The molecule has 1 N–H and O–H groups in total. The smallest absolute Gasteiger partial charge is 0.330 e. The van der Waals surface area contributed by atoms with Crippen LogP contribution in [0.2, 0.25) is 0 Å². The van der Waals surface area contributed by atoms with Crippen molar-refractivity contribution < 1.29 is 13.9 Å². The maximum absolute atomic E-state index is 13.1. The average molecular weight is 233 g/mol. The molecule has 88 valence electrons. The molecule has 1 aromatic heterocycles. The quantitative estimate of drug-likeness (QED) is 0.654. The normalized spacial score (nSPS) is 11.2. The topological polar surface area (TPSA) is 42.1 Å². The van der Waals surface area contributed by atoms with Gasteiger partial charge in [-0.1, -0.05) is 0 Å². The Balaban J connectivity index is 2.30. The van der Waals surface area contributed by atoms with Gasteiger partial charge in [-0.3, -0.25) is 0 Å². The largest absolute Gasteiger partial charge is 0.463 e. The van der Waals surface area contributed by atoms with Crippen LogP contribution in [-0.2, 0) is 9.53 Å². The van der Waals surface area contributed by atoms with E-state index in [1.54, 1.807) is 25.3 Å². The standard InChI is InChI=1S/C13H12FNO2/c1-2-17-13(16)6-3-9-8-15-12-5-4-10(14)7-11(9)12/h3-8,15H,2H2,1H3/b6-3+. The van der Waals surface area contributed by atoms with Crippen molar-refractivity contribution in [3.05, 3.63) is 41.9 Å². The molecule has 2 rings (SSSR count). The summed E-state index contributed by atoms with van der Waals surface area (Å²) in [4.78, 5) is 14.1. The molecule has 0 fully saturated rings. The average Bonchev–Trinajstić information content (AvgIpc) is 2.69. The summed E-state index contributed by atoms with van der Waals surface area (Å²) in [5.74, 6) is -0.707. The highest BCUT2D eigenvalue weighted by atomic mass is 19.1. The number of halogens is 1. The number of benzene rings is 1. The number of esters is 1. The Bertz CT molecular complexity index is 572. The van der Waals surface area contributed by atoms with Gasteiger partial charge in [0.25, 0.3) is 0 Å². The molecular weight excluding hydrogens is 221 g/mol.